The quantitative estimate of drug-likeness (QED) is 0.176. The second-order valence-corrected chi connectivity index (χ2v) is 21.8. The van der Waals surface area contributed by atoms with Crippen LogP contribution in [0.4, 0.5) is 5.82 Å². The number of nitrogens with one attached hydrogen (secondary N) is 1. The van der Waals surface area contributed by atoms with Gasteiger partial charge in [-0.25, -0.2) is 21.8 Å². The van der Waals surface area contributed by atoms with Crippen molar-refractivity contribution in [3.8, 4) is 0 Å². The maximum absolute atomic E-state index is 13.3. The minimum absolute atomic E-state index is 0.00862. The van der Waals surface area contributed by atoms with Crippen LogP contribution in [0.3, 0.4) is 0 Å². The summed E-state index contributed by atoms with van der Waals surface area (Å²) in [6.45, 7) is 8.94. The topological polar surface area (TPSA) is 137 Å². The van der Waals surface area contributed by atoms with E-state index in [1.807, 2.05) is 24.3 Å². The molecule has 0 bridgehead atoms. The zero-order valence-electron chi connectivity index (χ0n) is 28.9. The summed E-state index contributed by atoms with van der Waals surface area (Å²) >= 11 is 14.0. The lowest BCUT2D eigenvalue weighted by Crippen LogP contribution is -2.42. The van der Waals surface area contributed by atoms with E-state index in [-0.39, 0.29) is 20.9 Å². The average molecular weight is 909 g/mol. The van der Waals surface area contributed by atoms with Crippen molar-refractivity contribution in [3.05, 3.63) is 67.0 Å². The van der Waals surface area contributed by atoms with E-state index in [1.54, 1.807) is 10.4 Å². The van der Waals surface area contributed by atoms with Crippen LogP contribution in [0.25, 0.3) is 0 Å². The average Bonchev–Trinajstić information content (AvgIpc) is 3.43. The van der Waals surface area contributed by atoms with Gasteiger partial charge in [0.2, 0.25) is 10.0 Å². The summed E-state index contributed by atoms with van der Waals surface area (Å²) in [4.78, 5) is 18.6. The van der Waals surface area contributed by atoms with Gasteiger partial charge in [0.15, 0.2) is 0 Å². The van der Waals surface area contributed by atoms with Crippen LogP contribution < -0.4 is 9.62 Å². The zero-order chi connectivity index (χ0) is 37.1. The molecule has 2 aliphatic heterocycles. The number of sulfonamides is 2. The third-order valence-electron chi connectivity index (χ3n) is 9.89. The molecule has 1 atom stereocenters. The van der Waals surface area contributed by atoms with Gasteiger partial charge in [0.1, 0.15) is 25.3 Å². The SMILES string of the molecule is CC(C)(C)c1ccc(CC(NS(=O)(=O)c2cnc(N3CCC(CCCC4CCN(S(=O)(=O)c5cc(Br)c(Cl)s5)CC4)CC3)c(Br)c2)C(=O)O)cc1. The highest BCUT2D eigenvalue weighted by molar-refractivity contribution is 9.11. The molecule has 16 heteroatoms. The van der Waals surface area contributed by atoms with Crippen molar-refractivity contribution in [2.75, 3.05) is 31.1 Å². The van der Waals surface area contributed by atoms with Gasteiger partial charge < -0.3 is 10.0 Å². The molecule has 51 heavy (non-hydrogen) atoms. The molecule has 280 valence electrons. The van der Waals surface area contributed by atoms with Crippen LogP contribution >= 0.6 is 54.8 Å². The lowest BCUT2D eigenvalue weighted by Gasteiger charge is -2.34. The van der Waals surface area contributed by atoms with Gasteiger partial charge in [0, 0.05) is 36.8 Å². The summed E-state index contributed by atoms with van der Waals surface area (Å²) in [6.07, 6.45) is 8.35. The predicted octanol–water partition coefficient (Wildman–Crippen LogP) is 8.08. The Kier molecular flexibility index (Phi) is 13.4. The molecule has 2 aliphatic rings. The summed E-state index contributed by atoms with van der Waals surface area (Å²) in [5.74, 6) is 0.518. The highest BCUT2D eigenvalue weighted by Crippen LogP contribution is 2.38. The molecule has 0 saturated carbocycles. The second kappa shape index (κ2) is 16.8. The van der Waals surface area contributed by atoms with Gasteiger partial charge in [-0.05, 0) is 104 Å². The number of carbonyl (C=O) groups is 1. The molecule has 4 heterocycles. The first-order chi connectivity index (χ1) is 23.9. The van der Waals surface area contributed by atoms with E-state index in [9.17, 15) is 26.7 Å². The highest BCUT2D eigenvalue weighted by atomic mass is 79.9. The summed E-state index contributed by atoms with van der Waals surface area (Å²) in [7, 11) is -7.68. The Morgan fingerprint density at radius 2 is 1.57 bits per heavy atom. The number of thiophene rings is 1. The molecule has 0 spiro atoms. The molecule has 2 fully saturated rings. The van der Waals surface area contributed by atoms with Gasteiger partial charge in [-0.1, -0.05) is 75.9 Å². The van der Waals surface area contributed by atoms with Crippen LogP contribution in [0.2, 0.25) is 4.34 Å². The number of aliphatic carboxylic acids is 1. The van der Waals surface area contributed by atoms with Crippen molar-refractivity contribution < 1.29 is 26.7 Å². The largest absolute Gasteiger partial charge is 0.480 e. The van der Waals surface area contributed by atoms with E-state index in [2.05, 4.69) is 67.2 Å². The molecular formula is C35H45Br2ClN4O6S3. The fourth-order valence-electron chi connectivity index (χ4n) is 6.75. The predicted molar refractivity (Wildman–Crippen MR) is 210 cm³/mol. The Hall–Kier alpha value is -1.59. The fourth-order valence-corrected chi connectivity index (χ4v) is 12.6. The van der Waals surface area contributed by atoms with Crippen LogP contribution in [0, 0.1) is 11.8 Å². The summed E-state index contributed by atoms with van der Waals surface area (Å²) in [5, 5.41) is 9.83. The smallest absolute Gasteiger partial charge is 0.322 e. The zero-order valence-corrected chi connectivity index (χ0v) is 35.3. The second-order valence-electron chi connectivity index (χ2n) is 14.5. The van der Waals surface area contributed by atoms with E-state index in [1.165, 1.54) is 12.3 Å². The molecule has 1 unspecified atom stereocenters. The van der Waals surface area contributed by atoms with Crippen molar-refractivity contribution in [2.24, 2.45) is 11.8 Å². The molecular weight excluding hydrogens is 864 g/mol. The van der Waals surface area contributed by atoms with Gasteiger partial charge in [0.25, 0.3) is 10.0 Å². The third-order valence-corrected chi connectivity index (χ3v) is 16.7. The van der Waals surface area contributed by atoms with Gasteiger partial charge in [-0.15, -0.1) is 11.3 Å². The standard InChI is InChI=1S/C35H45Br2ClN4O6S3/c1-35(2,3)26-9-7-25(8-10-26)19-30(34(43)44)40-50(45,46)27-20-29(37)33(39-22-27)41-15-11-23(12-16-41)5-4-6-24-13-17-42(18-14-24)51(47,48)31-21-28(36)32(38)49-31/h7-10,20-24,30,40H,4-6,11-19H2,1-3H3,(H,43,44). The van der Waals surface area contributed by atoms with E-state index in [4.69, 9.17) is 11.6 Å². The first kappa shape index (κ1) is 40.6. The number of anilines is 1. The summed E-state index contributed by atoms with van der Waals surface area (Å²) < 4.78 is 58.4. The number of carboxylic acid groups (broad SMARTS) is 1. The van der Waals surface area contributed by atoms with Gasteiger partial charge in [0.05, 0.1) is 4.47 Å². The maximum atomic E-state index is 13.3. The number of carboxylic acids is 1. The van der Waals surface area contributed by atoms with Crippen LogP contribution in [-0.2, 0) is 36.7 Å². The van der Waals surface area contributed by atoms with Crippen molar-refractivity contribution in [3.63, 3.8) is 0 Å². The van der Waals surface area contributed by atoms with Gasteiger partial charge in [-0.3, -0.25) is 4.79 Å². The van der Waals surface area contributed by atoms with Crippen LogP contribution in [0.15, 0.2) is 60.6 Å². The Balaban J connectivity index is 1.07. The lowest BCUT2D eigenvalue weighted by atomic mass is 9.86. The molecule has 5 rings (SSSR count). The number of halogens is 3. The van der Waals surface area contributed by atoms with E-state index in [0.717, 1.165) is 80.5 Å². The number of nitrogens with zero attached hydrogens (tertiary/aromatic N) is 3. The van der Waals surface area contributed by atoms with Crippen molar-refractivity contribution in [2.45, 2.75) is 92.7 Å². The Morgan fingerprint density at radius 3 is 2.08 bits per heavy atom. The number of piperidine rings is 2. The molecule has 10 nitrogen and oxygen atoms in total. The van der Waals surface area contributed by atoms with Crippen molar-refractivity contribution in [1.29, 1.82) is 0 Å². The van der Waals surface area contributed by atoms with Crippen LogP contribution in [-0.4, -0.2) is 69.4 Å². The van der Waals surface area contributed by atoms with Crippen molar-refractivity contribution in [1.82, 2.24) is 14.0 Å². The van der Waals surface area contributed by atoms with Crippen molar-refractivity contribution >= 4 is 86.6 Å². The number of rotatable bonds is 13. The number of benzene rings is 1. The van der Waals surface area contributed by atoms with E-state index in [0.29, 0.717) is 44.0 Å². The maximum Gasteiger partial charge on any atom is 0.322 e. The van der Waals surface area contributed by atoms with Gasteiger partial charge >= 0.3 is 5.97 Å². The number of hydrogen-bond donors (Lipinski definition) is 2. The van der Waals surface area contributed by atoms with Crippen LogP contribution in [0.1, 0.15) is 76.8 Å². The molecule has 2 aromatic heterocycles. The monoisotopic (exact) mass is 906 g/mol. The number of aromatic nitrogens is 1. The molecule has 3 aromatic rings. The summed E-state index contributed by atoms with van der Waals surface area (Å²) in [5.41, 5.74) is 1.78. The first-order valence-electron chi connectivity index (χ1n) is 17.1. The summed E-state index contributed by atoms with van der Waals surface area (Å²) in [6, 6.07) is 9.29. The molecule has 0 aliphatic carbocycles. The lowest BCUT2D eigenvalue weighted by molar-refractivity contribution is -0.138. The third kappa shape index (κ3) is 10.3. The van der Waals surface area contributed by atoms with Gasteiger partial charge in [-0.2, -0.15) is 9.03 Å². The fraction of sp³-hybridized carbons (Fsp3) is 0.543. The molecule has 0 radical (unpaired) electrons. The van der Waals surface area contributed by atoms with E-state index < -0.39 is 32.1 Å². The van der Waals surface area contributed by atoms with E-state index >= 15 is 0 Å². The Morgan fingerprint density at radius 1 is 0.980 bits per heavy atom. The highest BCUT2D eigenvalue weighted by Gasteiger charge is 2.32. The minimum Gasteiger partial charge on any atom is -0.480 e. The number of pyridine rings is 1. The Bertz CT molecular complexity index is 1880. The Labute approximate surface area is 327 Å². The van der Waals surface area contributed by atoms with Crippen LogP contribution in [0.5, 0.6) is 0 Å². The molecule has 2 saturated heterocycles. The normalized spacial score (nSPS) is 17.9. The molecule has 1 aromatic carbocycles. The minimum atomic E-state index is -4.16. The molecule has 2 N–H and O–H groups in total. The molecule has 0 amide bonds. The first-order valence-corrected chi connectivity index (χ1v) is 22.8. The number of hydrogen-bond acceptors (Lipinski definition) is 8.